The number of carbonyl (C=O) groups excluding carboxylic acids is 2. The number of nitrogens with zero attached hydrogens (tertiary/aromatic N) is 3. The monoisotopic (exact) mass is 452 g/mol. The number of hydrogen-bond donors (Lipinski definition) is 1. The maximum atomic E-state index is 13.3. The van der Waals surface area contributed by atoms with Crippen LogP contribution in [0.5, 0.6) is 11.5 Å². The maximum absolute atomic E-state index is 13.3. The van der Waals surface area contributed by atoms with E-state index in [0.29, 0.717) is 24.5 Å². The van der Waals surface area contributed by atoms with Crippen molar-refractivity contribution in [3.63, 3.8) is 0 Å². The number of carbonyl (C=O) groups is 2. The molecule has 1 atom stereocenters. The van der Waals surface area contributed by atoms with Crippen molar-refractivity contribution in [2.45, 2.75) is 32.7 Å². The predicted molar refractivity (Wildman–Crippen MR) is 128 cm³/mol. The lowest BCUT2D eigenvalue weighted by atomic mass is 9.97. The van der Waals surface area contributed by atoms with Crippen molar-refractivity contribution in [1.29, 1.82) is 0 Å². The van der Waals surface area contributed by atoms with Gasteiger partial charge in [0, 0.05) is 31.6 Å². The number of hydrazone groups is 1. The van der Waals surface area contributed by atoms with Crippen molar-refractivity contribution in [2.75, 3.05) is 34.4 Å². The molecule has 1 unspecified atom stereocenters. The van der Waals surface area contributed by atoms with E-state index in [-0.39, 0.29) is 24.5 Å². The fourth-order valence-electron chi connectivity index (χ4n) is 3.70. The third kappa shape index (κ3) is 5.63. The molecule has 3 rings (SSSR count). The Morgan fingerprint density at radius 2 is 1.88 bits per heavy atom. The van der Waals surface area contributed by atoms with Crippen molar-refractivity contribution in [1.82, 2.24) is 15.2 Å². The number of ether oxygens (including phenoxy) is 2. The second kappa shape index (κ2) is 10.8. The van der Waals surface area contributed by atoms with Crippen LogP contribution in [0.25, 0.3) is 0 Å². The summed E-state index contributed by atoms with van der Waals surface area (Å²) in [6.07, 6.45) is 1.36. The van der Waals surface area contributed by atoms with Gasteiger partial charge in [0.1, 0.15) is 18.0 Å². The minimum Gasteiger partial charge on any atom is -0.497 e. The van der Waals surface area contributed by atoms with E-state index in [1.165, 1.54) is 9.91 Å². The first kappa shape index (κ1) is 24.1. The number of benzene rings is 2. The van der Waals surface area contributed by atoms with E-state index in [1.54, 1.807) is 27.3 Å². The smallest absolute Gasteiger partial charge is 0.317 e. The summed E-state index contributed by atoms with van der Waals surface area (Å²) in [5.41, 5.74) is 3.67. The van der Waals surface area contributed by atoms with Crippen LogP contribution < -0.4 is 14.8 Å². The third-order valence-electron chi connectivity index (χ3n) is 5.59. The molecule has 0 fully saturated rings. The van der Waals surface area contributed by atoms with Gasteiger partial charge in [0.25, 0.3) is 5.91 Å². The number of amides is 3. The number of hydrogen-bond acceptors (Lipinski definition) is 5. The number of methoxy groups -OCH3 is 2. The Kier molecular flexibility index (Phi) is 7.92. The zero-order valence-electron chi connectivity index (χ0n) is 19.9. The minimum absolute atomic E-state index is 0.0750. The highest BCUT2D eigenvalue weighted by Gasteiger charge is 2.34. The van der Waals surface area contributed by atoms with E-state index in [1.807, 2.05) is 50.2 Å². The van der Waals surface area contributed by atoms with Gasteiger partial charge < -0.3 is 19.7 Å². The molecule has 3 amide bonds. The van der Waals surface area contributed by atoms with Crippen LogP contribution in [0.15, 0.2) is 47.6 Å². The van der Waals surface area contributed by atoms with Crippen LogP contribution in [0, 0.1) is 6.92 Å². The van der Waals surface area contributed by atoms with Gasteiger partial charge in [0.05, 0.1) is 26.0 Å². The Hall–Kier alpha value is -3.55. The average molecular weight is 453 g/mol. The summed E-state index contributed by atoms with van der Waals surface area (Å²) in [5, 5.41) is 8.98. The van der Waals surface area contributed by atoms with E-state index in [9.17, 15) is 9.59 Å². The van der Waals surface area contributed by atoms with Gasteiger partial charge >= 0.3 is 6.03 Å². The van der Waals surface area contributed by atoms with Gasteiger partial charge in [0.2, 0.25) is 0 Å². The van der Waals surface area contributed by atoms with Gasteiger partial charge in [-0.3, -0.25) is 4.79 Å². The van der Waals surface area contributed by atoms with E-state index in [0.717, 1.165) is 28.8 Å². The van der Waals surface area contributed by atoms with Crippen molar-refractivity contribution >= 4 is 17.6 Å². The molecular formula is C25H32N4O4. The van der Waals surface area contributed by atoms with Crippen LogP contribution in [0.3, 0.4) is 0 Å². The van der Waals surface area contributed by atoms with Crippen molar-refractivity contribution < 1.29 is 19.1 Å². The molecule has 0 aromatic heterocycles. The number of aryl methyl sites for hydroxylation is 1. The van der Waals surface area contributed by atoms with Crippen LogP contribution in [0.2, 0.25) is 0 Å². The zero-order chi connectivity index (χ0) is 24.0. The van der Waals surface area contributed by atoms with Crippen LogP contribution >= 0.6 is 0 Å². The fraction of sp³-hybridized carbons (Fsp3) is 0.400. The lowest BCUT2D eigenvalue weighted by molar-refractivity contribution is -0.133. The Morgan fingerprint density at radius 1 is 1.15 bits per heavy atom. The van der Waals surface area contributed by atoms with E-state index in [2.05, 4.69) is 5.32 Å². The third-order valence-corrected chi connectivity index (χ3v) is 5.59. The summed E-state index contributed by atoms with van der Waals surface area (Å²) >= 11 is 0. The summed E-state index contributed by atoms with van der Waals surface area (Å²) < 4.78 is 10.9. The van der Waals surface area contributed by atoms with Crippen LogP contribution in [-0.4, -0.2) is 61.9 Å². The van der Waals surface area contributed by atoms with Gasteiger partial charge in [0.15, 0.2) is 0 Å². The lowest BCUT2D eigenvalue weighted by Gasteiger charge is -2.25. The molecule has 0 spiro atoms. The molecule has 0 bridgehead atoms. The van der Waals surface area contributed by atoms with Crippen LogP contribution in [0.1, 0.15) is 42.5 Å². The number of urea groups is 1. The molecule has 8 nitrogen and oxygen atoms in total. The maximum Gasteiger partial charge on any atom is 0.317 e. The lowest BCUT2D eigenvalue weighted by Crippen LogP contribution is -2.43. The molecule has 0 aliphatic carbocycles. The SMILES string of the molecule is CCCNC(=O)N(C)CC(=O)N1N=C(c2ccc(OC)cc2OC)CC1c1ccc(C)cc1. The first-order chi connectivity index (χ1) is 15.9. The summed E-state index contributed by atoms with van der Waals surface area (Å²) in [7, 11) is 4.80. The topological polar surface area (TPSA) is 83.5 Å². The molecule has 1 N–H and O–H groups in total. The Morgan fingerprint density at radius 3 is 2.52 bits per heavy atom. The molecule has 33 heavy (non-hydrogen) atoms. The van der Waals surface area contributed by atoms with E-state index < -0.39 is 0 Å². The number of nitrogens with one attached hydrogen (secondary N) is 1. The summed E-state index contributed by atoms with van der Waals surface area (Å²) in [5.74, 6) is 1.05. The van der Waals surface area contributed by atoms with Crippen molar-refractivity contribution in [3.8, 4) is 11.5 Å². The molecule has 1 aliphatic heterocycles. The second-order valence-corrected chi connectivity index (χ2v) is 8.07. The van der Waals surface area contributed by atoms with Gasteiger partial charge in [-0.1, -0.05) is 36.8 Å². The molecule has 0 saturated carbocycles. The summed E-state index contributed by atoms with van der Waals surface area (Å²) in [4.78, 5) is 26.9. The summed E-state index contributed by atoms with van der Waals surface area (Å²) in [6, 6.07) is 13.1. The molecule has 1 heterocycles. The predicted octanol–water partition coefficient (Wildman–Crippen LogP) is 3.74. The fourth-order valence-corrected chi connectivity index (χ4v) is 3.70. The molecule has 0 saturated heterocycles. The van der Waals surface area contributed by atoms with Gasteiger partial charge in [-0.2, -0.15) is 5.10 Å². The molecule has 2 aromatic carbocycles. The van der Waals surface area contributed by atoms with Gasteiger partial charge in [-0.25, -0.2) is 9.80 Å². The Labute approximate surface area is 195 Å². The minimum atomic E-state index is -0.280. The van der Waals surface area contributed by atoms with E-state index >= 15 is 0 Å². The van der Waals surface area contributed by atoms with Crippen molar-refractivity contribution in [3.05, 3.63) is 59.2 Å². The van der Waals surface area contributed by atoms with E-state index in [4.69, 9.17) is 14.6 Å². The number of likely N-dealkylation sites (N-methyl/N-ethyl adjacent to an activating group) is 1. The summed E-state index contributed by atoms with van der Waals surface area (Å²) in [6.45, 7) is 4.49. The quantitative estimate of drug-likeness (QED) is 0.661. The normalized spacial score (nSPS) is 15.1. The molecule has 0 radical (unpaired) electrons. The van der Waals surface area contributed by atoms with Gasteiger partial charge in [-0.05, 0) is 31.0 Å². The molecular weight excluding hydrogens is 420 g/mol. The molecule has 176 valence electrons. The largest absolute Gasteiger partial charge is 0.497 e. The molecule has 2 aromatic rings. The highest BCUT2D eigenvalue weighted by atomic mass is 16.5. The first-order valence-electron chi connectivity index (χ1n) is 11.0. The Bertz CT molecular complexity index is 1020. The molecule has 8 heteroatoms. The van der Waals surface area contributed by atoms with Crippen LogP contribution in [-0.2, 0) is 4.79 Å². The zero-order valence-corrected chi connectivity index (χ0v) is 19.9. The number of rotatable bonds is 8. The Balaban J connectivity index is 1.91. The standard InChI is InChI=1S/C25H32N4O4/c1-6-13-26-25(31)28(3)16-24(30)29-22(18-9-7-17(2)8-10-18)15-21(27-29)20-12-11-19(32-4)14-23(20)33-5/h7-12,14,22H,6,13,15-16H2,1-5H3,(H,26,31). The van der Waals surface area contributed by atoms with Crippen LogP contribution in [0.4, 0.5) is 4.79 Å². The highest BCUT2D eigenvalue weighted by Crippen LogP contribution is 2.36. The average Bonchev–Trinajstić information content (AvgIpc) is 3.27. The first-order valence-corrected chi connectivity index (χ1v) is 11.0. The van der Waals surface area contributed by atoms with Gasteiger partial charge in [-0.15, -0.1) is 0 Å². The molecule has 1 aliphatic rings. The van der Waals surface area contributed by atoms with Crippen molar-refractivity contribution in [2.24, 2.45) is 5.10 Å². The highest BCUT2D eigenvalue weighted by molar-refractivity contribution is 6.05. The second-order valence-electron chi connectivity index (χ2n) is 8.07.